The van der Waals surface area contributed by atoms with Crippen molar-refractivity contribution in [2.45, 2.75) is 239 Å². The minimum absolute atomic E-state index is 0.0598. The van der Waals surface area contributed by atoms with Gasteiger partial charge in [0.05, 0.1) is 6.04 Å². The Morgan fingerprint density at radius 3 is 0.860 bits per heavy atom. The van der Waals surface area contributed by atoms with E-state index in [0.29, 0.717) is 52.2 Å². The van der Waals surface area contributed by atoms with Crippen LogP contribution in [0.4, 0.5) is 39.5 Å². The van der Waals surface area contributed by atoms with Gasteiger partial charge in [-0.05, 0) is 122 Å². The Morgan fingerprint density at radius 2 is 0.607 bits per heavy atom. The lowest BCUT2D eigenvalue weighted by molar-refractivity contribution is -0.147. The van der Waals surface area contributed by atoms with Crippen molar-refractivity contribution in [3.63, 3.8) is 0 Å². The Bertz CT molecular complexity index is 3380. The van der Waals surface area contributed by atoms with Crippen molar-refractivity contribution in [3.05, 3.63) is 177 Å². The second-order valence-electron chi connectivity index (χ2n) is 31.1. The molecule has 4 atom stereocenters. The highest BCUT2D eigenvalue weighted by Crippen LogP contribution is 2.28. The molecule has 29 heteroatoms. The predicted molar refractivity (Wildman–Crippen MR) is 426 cm³/mol. The lowest BCUT2D eigenvalue weighted by Crippen LogP contribution is -2.35. The Morgan fingerprint density at radius 1 is 0.336 bits per heavy atom. The van der Waals surface area contributed by atoms with Crippen LogP contribution in [0.5, 0.6) is 0 Å². The predicted octanol–water partition coefficient (Wildman–Crippen LogP) is 11.5. The van der Waals surface area contributed by atoms with Crippen molar-refractivity contribution >= 4 is 29.8 Å². The molecule has 0 saturated carbocycles. The average Bonchev–Trinajstić information content (AvgIpc) is 0.877. The van der Waals surface area contributed by atoms with Gasteiger partial charge in [-0.1, -0.05) is 225 Å². The van der Waals surface area contributed by atoms with E-state index < -0.39 is 68.1 Å². The van der Waals surface area contributed by atoms with Crippen molar-refractivity contribution in [1.29, 1.82) is 0 Å². The van der Waals surface area contributed by atoms with Gasteiger partial charge in [0.15, 0.2) is 42.1 Å². The molecule has 4 unspecified atom stereocenters. The molecule has 0 spiro atoms. The van der Waals surface area contributed by atoms with Crippen LogP contribution >= 0.6 is 0 Å². The van der Waals surface area contributed by atoms with Crippen molar-refractivity contribution in [3.8, 4) is 0 Å². The highest BCUT2D eigenvalue weighted by atomic mass is 19.4. The summed E-state index contributed by atoms with van der Waals surface area (Å²) in [4.78, 5) is 16.9. The number of rotatable bonds is 32. The molecule has 0 aliphatic heterocycles. The first-order valence-corrected chi connectivity index (χ1v) is 35.8. The van der Waals surface area contributed by atoms with Crippen LogP contribution in [-0.4, -0.2) is 112 Å². The van der Waals surface area contributed by atoms with Gasteiger partial charge in [-0.3, -0.25) is 0 Å². The Kier molecular flexibility index (Phi) is 42.2. The number of halogens is 9. The molecule has 0 amide bonds. The summed E-state index contributed by atoms with van der Waals surface area (Å²) in [5.41, 5.74) is 63.5. The maximum Gasteiger partial charge on any atom is 0.410 e. The third-order valence-corrected chi connectivity index (χ3v) is 16.2. The minimum Gasteiger partial charge on any atom is -0.370 e. The molecular weight excluding hydrogens is 1390 g/mol. The first kappa shape index (κ1) is 96.6. The minimum atomic E-state index is -4.44. The first-order valence-electron chi connectivity index (χ1n) is 35.8. The highest BCUT2D eigenvalue weighted by Gasteiger charge is 2.39. The molecule has 107 heavy (non-hydrogen) atoms. The largest absolute Gasteiger partial charge is 0.410 e. The monoisotopic (exact) mass is 1520 g/mol. The van der Waals surface area contributed by atoms with Gasteiger partial charge in [0.25, 0.3) is 6.43 Å². The van der Waals surface area contributed by atoms with Crippen LogP contribution in [-0.2, 0) is 59.8 Å². The Labute approximate surface area is 630 Å². The van der Waals surface area contributed by atoms with Crippen LogP contribution in [0.25, 0.3) is 0 Å². The molecule has 0 bridgehead atoms. The zero-order chi connectivity index (χ0) is 81.6. The van der Waals surface area contributed by atoms with E-state index in [2.05, 4.69) is 228 Å². The molecule has 0 saturated heterocycles. The van der Waals surface area contributed by atoms with Gasteiger partial charge in [-0.25, -0.2) is 37.5 Å². The van der Waals surface area contributed by atoms with E-state index in [-0.39, 0.29) is 77.3 Å². The third kappa shape index (κ3) is 45.1. The summed E-state index contributed by atoms with van der Waals surface area (Å²) in [7, 11) is 0. The van der Waals surface area contributed by atoms with Crippen molar-refractivity contribution in [2.24, 2.45) is 82.3 Å². The van der Waals surface area contributed by atoms with Crippen molar-refractivity contribution in [1.82, 2.24) is 26.6 Å². The molecule has 0 aliphatic rings. The van der Waals surface area contributed by atoms with Gasteiger partial charge in [-0.2, -0.15) is 26.9 Å². The van der Waals surface area contributed by atoms with Crippen molar-refractivity contribution in [2.75, 3.05) is 39.4 Å². The summed E-state index contributed by atoms with van der Waals surface area (Å²) >= 11 is 0. The van der Waals surface area contributed by atoms with Gasteiger partial charge in [-0.15, -0.1) is 0 Å². The lowest BCUT2D eigenvalue weighted by atomic mass is 9.87. The number of benzene rings is 5. The number of nitrogens with two attached hydrogens (primary N) is 10. The SMILES string of the molecule is CC(C)(C)c1ccc(CNCCC(CF)N=C(N)N)cc1.CC(C)(C)c1ccc(CNCCC(F)(F)N=C(N)N)cc1.CC(C)(C)c1ccc(CNCCC(F)N=C(N)N)cc1.CC(C)(C)c1ccc(CNCCC(N=C(N)N)C(F)(F)F)cc1.CC(C)(C)c1ccc(CNCCC(N=C(N)N)C(F)F)cc1. The first-order chi connectivity index (χ1) is 49.4. The number of nitrogens with zero attached hydrogens (tertiary/aromatic N) is 5. The fourth-order valence-electron chi connectivity index (χ4n) is 9.77. The zero-order valence-electron chi connectivity index (χ0n) is 65.7. The van der Waals surface area contributed by atoms with Crippen LogP contribution in [0.3, 0.4) is 0 Å². The van der Waals surface area contributed by atoms with E-state index in [1.165, 1.54) is 38.9 Å². The molecule has 20 nitrogen and oxygen atoms in total. The topological polar surface area (TPSA) is 382 Å². The number of nitrogens with one attached hydrogen (secondary N) is 5. The van der Waals surface area contributed by atoms with Crippen LogP contribution in [0, 0.1) is 0 Å². The molecule has 25 N–H and O–H groups in total. The Hall–Kier alpha value is -8.38. The van der Waals surface area contributed by atoms with E-state index >= 15 is 0 Å². The van der Waals surface area contributed by atoms with E-state index in [4.69, 9.17) is 57.3 Å². The molecule has 0 fully saturated rings. The normalized spacial score (nSPS) is 13.0. The van der Waals surface area contributed by atoms with Gasteiger partial charge < -0.3 is 83.9 Å². The number of hydrogen-bond acceptors (Lipinski definition) is 10. The second-order valence-corrected chi connectivity index (χ2v) is 31.1. The van der Waals surface area contributed by atoms with E-state index in [0.717, 1.165) is 23.2 Å². The zero-order valence-corrected chi connectivity index (χ0v) is 65.7. The van der Waals surface area contributed by atoms with E-state index in [9.17, 15) is 39.5 Å². The van der Waals surface area contributed by atoms with Crippen LogP contribution in [0.2, 0.25) is 0 Å². The molecule has 5 rings (SSSR count). The number of aliphatic imine (C=N–C) groups is 5. The molecule has 602 valence electrons. The molecule has 0 aliphatic carbocycles. The Balaban J connectivity index is 0.000000669. The lowest BCUT2D eigenvalue weighted by Gasteiger charge is -2.19. The molecular formula is C78H127F9N20. The van der Waals surface area contributed by atoms with E-state index in [1.807, 2.05) is 48.5 Å². The number of alkyl halides is 9. The number of guanidine groups is 5. The van der Waals surface area contributed by atoms with Gasteiger partial charge in [0, 0.05) is 58.7 Å². The smallest absolute Gasteiger partial charge is 0.370 e. The maximum atomic E-state index is 13.2. The maximum absolute atomic E-state index is 13.2. The van der Waals surface area contributed by atoms with Crippen LogP contribution < -0.4 is 83.9 Å². The molecule has 0 radical (unpaired) electrons. The summed E-state index contributed by atoms with van der Waals surface area (Å²) < 4.78 is 116. The highest BCUT2D eigenvalue weighted by molar-refractivity contribution is 5.77. The standard InChI is InChI=1S/C16H25F3N4.C16H26F2N4.C16H27FN4.C15H24F2N4.C15H25FN4/c1-15(2,3)12-6-4-11(5-7-12)10-22-9-8-13(16(17,18)19)23-14(20)21;1-16(2,3)12-6-4-11(5-7-12)10-21-9-8-13(14(17)18)22-15(19)20;1-16(2,3)13-6-4-12(5-7-13)11-20-9-8-14(10-17)21-15(18)19;1-14(2,3)12-6-4-11(5-7-12)10-20-9-8-15(16,17)21-13(18)19;1-15(2,3)12-6-4-11(5-7-12)10-19-9-8-13(16)20-14(17)18/h4-7,13,22H,8-10H2,1-3H3,(H4,20,21,23);4-7,13-14,21H,8-10H2,1-3H3,(H4,19,20,22);4-7,14,20H,8-11H2,1-3H3,(H4,18,19,21);4-7,20H,8-10H2,1-3H3,(H4,18,19,21);4-7,13,19H,8-10H2,1-3H3,(H4,17,18,20). The fraction of sp³-hybridized carbons (Fsp3) is 0.551. The second kappa shape index (κ2) is 46.7. The summed E-state index contributed by atoms with van der Waals surface area (Å²) in [5, 5.41) is 15.5. The van der Waals surface area contributed by atoms with Crippen molar-refractivity contribution < 1.29 is 39.5 Å². The fourth-order valence-corrected chi connectivity index (χ4v) is 9.77. The van der Waals surface area contributed by atoms with Gasteiger partial charge >= 0.3 is 12.2 Å². The number of hydrogen-bond donors (Lipinski definition) is 15. The molecule has 0 aromatic heterocycles. The molecule has 5 aromatic carbocycles. The molecule has 0 heterocycles. The summed E-state index contributed by atoms with van der Waals surface area (Å²) in [6, 6.07) is 34.7. The van der Waals surface area contributed by atoms with Gasteiger partial charge in [0.1, 0.15) is 12.7 Å². The average molecular weight is 1520 g/mol. The summed E-state index contributed by atoms with van der Waals surface area (Å²) in [6.45, 7) is 36.9. The quantitative estimate of drug-likeness (QED) is 0.00625. The van der Waals surface area contributed by atoms with Crippen LogP contribution in [0.1, 0.15) is 192 Å². The van der Waals surface area contributed by atoms with Crippen LogP contribution in [0.15, 0.2) is 146 Å². The third-order valence-electron chi connectivity index (χ3n) is 16.2. The summed E-state index contributed by atoms with van der Waals surface area (Å²) in [5.74, 6) is -1.73. The summed E-state index contributed by atoms with van der Waals surface area (Å²) in [6.07, 6.45) is -7.96. The van der Waals surface area contributed by atoms with E-state index in [1.54, 1.807) is 0 Å². The van der Waals surface area contributed by atoms with Gasteiger partial charge in [0.2, 0.25) is 0 Å². The molecule has 5 aromatic rings.